The third-order valence-electron chi connectivity index (χ3n) is 16.5. The molecule has 19 heteroatoms. The number of carbonyl (C=O) groups is 4. The molecule has 2 unspecified atom stereocenters. The summed E-state index contributed by atoms with van der Waals surface area (Å²) >= 11 is 0. The normalized spacial score (nSPS) is 14.8. The van der Waals surface area contributed by atoms with Crippen LogP contribution in [0, 0.1) is 0 Å². The number of aliphatic hydroxyl groups is 1. The highest BCUT2D eigenvalue weighted by Gasteiger charge is 2.30. The average Bonchev–Trinajstić information content (AvgIpc) is 0.900. The van der Waals surface area contributed by atoms with Gasteiger partial charge >= 0.3 is 39.5 Å². The summed E-state index contributed by atoms with van der Waals surface area (Å²) in [4.78, 5) is 73.1. The monoisotopic (exact) mass is 1570 g/mol. The smallest absolute Gasteiger partial charge is 0.462 e. The molecule has 0 aliphatic carbocycles. The molecular weight excluding hydrogens is 1430 g/mol. The van der Waals surface area contributed by atoms with Gasteiger partial charge in [0.2, 0.25) is 0 Å². The highest BCUT2D eigenvalue weighted by Crippen LogP contribution is 2.45. The van der Waals surface area contributed by atoms with Gasteiger partial charge < -0.3 is 33.8 Å². The molecule has 0 aliphatic heterocycles. The summed E-state index contributed by atoms with van der Waals surface area (Å²) in [6.07, 6.45) is 99.9. The summed E-state index contributed by atoms with van der Waals surface area (Å²) in [5, 5.41) is 10.7. The fourth-order valence-corrected chi connectivity index (χ4v) is 11.8. The van der Waals surface area contributed by atoms with Gasteiger partial charge in [-0.3, -0.25) is 37.3 Å². The van der Waals surface area contributed by atoms with Crippen molar-refractivity contribution in [3.63, 3.8) is 0 Å². The molecule has 3 N–H and O–H groups in total. The topological polar surface area (TPSA) is 237 Å². The molecule has 0 aliphatic rings. The van der Waals surface area contributed by atoms with Crippen LogP contribution in [0.5, 0.6) is 0 Å². The number of hydrogen-bond donors (Lipinski definition) is 3. The van der Waals surface area contributed by atoms with Crippen LogP contribution < -0.4 is 0 Å². The molecule has 0 spiro atoms. The van der Waals surface area contributed by atoms with Crippen molar-refractivity contribution in [1.29, 1.82) is 0 Å². The Morgan fingerprint density at radius 3 is 0.827 bits per heavy atom. The Morgan fingerprint density at radius 2 is 0.500 bits per heavy atom. The number of carbonyl (C=O) groups excluding carboxylic acids is 4. The van der Waals surface area contributed by atoms with Crippen molar-refractivity contribution < 1.29 is 80.2 Å². The first kappa shape index (κ1) is 104. The molecule has 5 atom stereocenters. The van der Waals surface area contributed by atoms with Gasteiger partial charge in [0.25, 0.3) is 0 Å². The first-order valence-electron chi connectivity index (χ1n) is 41.7. The Bertz CT molecular complexity index is 2850. The van der Waals surface area contributed by atoms with Gasteiger partial charge in [-0.2, -0.15) is 0 Å². The van der Waals surface area contributed by atoms with Gasteiger partial charge in [-0.15, -0.1) is 0 Å². The summed E-state index contributed by atoms with van der Waals surface area (Å²) in [5.74, 6) is -2.41. The molecule has 0 fully saturated rings. The predicted octanol–water partition coefficient (Wildman–Crippen LogP) is 24.9. The van der Waals surface area contributed by atoms with E-state index in [1.54, 1.807) is 0 Å². The van der Waals surface area contributed by atoms with E-state index >= 15 is 0 Å². The van der Waals surface area contributed by atoms with Crippen LogP contribution in [-0.2, 0) is 65.4 Å². The Morgan fingerprint density at radius 1 is 0.264 bits per heavy atom. The molecule has 0 heterocycles. The SMILES string of the molecule is CC/C=C\C/C=C\C/C=C\C/C=C\C/C=C\CCCCCC(=O)O[C@H](COC(=O)CCCCCCC/C=C\C/C=C\CCCCC)COP(=O)(O)OC[C@H](O)COP(=O)(O)OC[C@@H](COC(=O)CC/C=C\C/C=C\C/C=C\C/C=C\C/C=C\CCCCC)OC(=O)CCC/C=C\C/C=C\C/C=C\C/C=C\CCCCC. The van der Waals surface area contributed by atoms with Crippen molar-refractivity contribution in [3.8, 4) is 0 Å². The number of ether oxygens (including phenoxy) is 4. The van der Waals surface area contributed by atoms with Crippen molar-refractivity contribution in [2.75, 3.05) is 39.6 Å². The Labute approximate surface area is 666 Å². The van der Waals surface area contributed by atoms with Crippen LogP contribution in [0.25, 0.3) is 0 Å². The van der Waals surface area contributed by atoms with E-state index in [0.717, 1.165) is 148 Å². The molecule has 0 aromatic carbocycles. The quantitative estimate of drug-likeness (QED) is 0.0169. The third kappa shape index (κ3) is 80.0. The fraction of sp³-hybridized carbons (Fsp3) is 0.604. The lowest BCUT2D eigenvalue weighted by atomic mass is 10.1. The zero-order chi connectivity index (χ0) is 80.3. The van der Waals surface area contributed by atoms with Crippen LogP contribution in [-0.4, -0.2) is 96.7 Å². The Balaban J connectivity index is 5.56. The maximum Gasteiger partial charge on any atom is 0.472 e. The van der Waals surface area contributed by atoms with Crippen molar-refractivity contribution in [2.24, 2.45) is 0 Å². The maximum atomic E-state index is 13.1. The first-order valence-corrected chi connectivity index (χ1v) is 44.7. The van der Waals surface area contributed by atoms with Gasteiger partial charge in [-0.1, -0.05) is 286 Å². The van der Waals surface area contributed by atoms with Gasteiger partial charge in [-0.25, -0.2) is 9.13 Å². The van der Waals surface area contributed by atoms with Crippen LogP contribution in [0.15, 0.2) is 194 Å². The zero-order valence-corrected chi connectivity index (χ0v) is 69.9. The maximum absolute atomic E-state index is 13.1. The standard InChI is InChI=1S/C91H146O17P2/c1-5-9-13-17-21-25-29-33-37-40-42-45-48-52-56-60-64-68-72-76-89(94)102-82-87(107-90(95)77-73-69-65-61-57-53-49-44-39-35-31-27-23-19-15-11-7-3)84-106-110(99,100)104-80-85(92)79-103-109(97,98)105-83-86(81-101-88(93)75-71-67-63-59-55-51-47-36-32-28-24-20-16-12-8-4)108-91(96)78-74-70-66-62-58-54-50-46-43-41-38-34-30-26-22-18-14-10-6-2/h10,14,21-28,33-39,42-43,45-47,49,52-54,56,58,61,64-65,68,85-87,92H,5-9,11-13,15-20,29-32,40-41,44,48,50-51,55,57,59-60,62-63,66-67,69-84H2,1-4H3,(H,97,98)(H,99,100)/b14-10-,25-21-,26-22-,27-23-,28-24-,37-33-,38-34-,39-35-,45-42-,46-43-,47-36-,53-49-,56-52-,58-54-,65-61-,68-64-/t85-,86+,87+/m0/s1. The summed E-state index contributed by atoms with van der Waals surface area (Å²) in [5.41, 5.74) is 0. The highest BCUT2D eigenvalue weighted by atomic mass is 31.2. The lowest BCUT2D eigenvalue weighted by molar-refractivity contribution is -0.161. The third-order valence-corrected chi connectivity index (χ3v) is 18.4. The lowest BCUT2D eigenvalue weighted by Crippen LogP contribution is -2.30. The minimum atomic E-state index is -5.02. The summed E-state index contributed by atoms with van der Waals surface area (Å²) in [6, 6.07) is 0. The number of phosphoric acid groups is 2. The molecule has 0 radical (unpaired) electrons. The van der Waals surface area contributed by atoms with Crippen LogP contribution in [0.3, 0.4) is 0 Å². The number of rotatable bonds is 76. The van der Waals surface area contributed by atoms with Crippen LogP contribution in [0.1, 0.15) is 297 Å². The molecule has 0 rings (SSSR count). The Hall–Kier alpha value is -6.10. The van der Waals surface area contributed by atoms with E-state index in [-0.39, 0.29) is 25.7 Å². The van der Waals surface area contributed by atoms with E-state index in [0.29, 0.717) is 38.5 Å². The number of esters is 4. The van der Waals surface area contributed by atoms with E-state index in [9.17, 15) is 43.2 Å². The minimum absolute atomic E-state index is 0.00499. The molecule has 0 saturated heterocycles. The molecule has 17 nitrogen and oxygen atoms in total. The van der Waals surface area contributed by atoms with Crippen molar-refractivity contribution >= 4 is 39.5 Å². The van der Waals surface area contributed by atoms with Gasteiger partial charge in [-0.05, 0) is 180 Å². The molecule has 622 valence electrons. The molecular formula is C91H146O17P2. The number of allylic oxidation sites excluding steroid dienone is 32. The summed E-state index contributed by atoms with van der Waals surface area (Å²) in [6.45, 7) is 4.46. The highest BCUT2D eigenvalue weighted by molar-refractivity contribution is 7.47. The second kappa shape index (κ2) is 80.9. The molecule has 0 amide bonds. The van der Waals surface area contributed by atoms with E-state index in [4.69, 9.17) is 37.0 Å². The summed E-state index contributed by atoms with van der Waals surface area (Å²) < 4.78 is 68.5. The number of aliphatic hydroxyl groups excluding tert-OH is 1. The second-order valence-corrected chi connectivity index (χ2v) is 29.9. The van der Waals surface area contributed by atoms with E-state index in [1.807, 2.05) is 30.4 Å². The van der Waals surface area contributed by atoms with Crippen LogP contribution in [0.2, 0.25) is 0 Å². The molecule has 0 bridgehead atoms. The Kier molecular flexibility index (Phi) is 76.4. The van der Waals surface area contributed by atoms with Gasteiger partial charge in [0.05, 0.1) is 26.4 Å². The second-order valence-electron chi connectivity index (χ2n) is 27.0. The number of unbranched alkanes of at least 4 members (excludes halogenated alkanes) is 18. The molecule has 0 saturated carbocycles. The largest absolute Gasteiger partial charge is 0.472 e. The van der Waals surface area contributed by atoms with E-state index in [1.165, 1.54) is 57.8 Å². The van der Waals surface area contributed by atoms with Crippen molar-refractivity contribution in [1.82, 2.24) is 0 Å². The summed E-state index contributed by atoms with van der Waals surface area (Å²) in [7, 11) is -10.0. The van der Waals surface area contributed by atoms with E-state index in [2.05, 4.69) is 192 Å². The number of phosphoric ester groups is 2. The number of hydrogen-bond acceptors (Lipinski definition) is 15. The van der Waals surface area contributed by atoms with Crippen LogP contribution in [0.4, 0.5) is 0 Å². The predicted molar refractivity (Wildman–Crippen MR) is 454 cm³/mol. The van der Waals surface area contributed by atoms with Gasteiger partial charge in [0.1, 0.15) is 19.3 Å². The molecule has 0 aromatic heterocycles. The van der Waals surface area contributed by atoms with Crippen LogP contribution >= 0.6 is 15.6 Å². The average molecular weight is 1570 g/mol. The lowest BCUT2D eigenvalue weighted by Gasteiger charge is -2.21. The molecule has 110 heavy (non-hydrogen) atoms. The van der Waals surface area contributed by atoms with E-state index < -0.39 is 97.5 Å². The van der Waals surface area contributed by atoms with Crippen molar-refractivity contribution in [2.45, 2.75) is 316 Å². The minimum Gasteiger partial charge on any atom is -0.462 e. The van der Waals surface area contributed by atoms with Crippen molar-refractivity contribution in [3.05, 3.63) is 194 Å². The van der Waals surface area contributed by atoms with Gasteiger partial charge in [0.15, 0.2) is 12.2 Å². The van der Waals surface area contributed by atoms with Gasteiger partial charge in [0, 0.05) is 25.7 Å². The fourth-order valence-electron chi connectivity index (χ4n) is 10.2. The molecule has 0 aromatic rings. The first-order chi connectivity index (χ1) is 53.7. The zero-order valence-electron chi connectivity index (χ0n) is 68.1.